The first-order chi connectivity index (χ1) is 5.56. The fourth-order valence-electron chi connectivity index (χ4n) is 1.21. The predicted molar refractivity (Wildman–Crippen MR) is 50.8 cm³/mol. The lowest BCUT2D eigenvalue weighted by atomic mass is 10.2. The summed E-state index contributed by atoms with van der Waals surface area (Å²) in [5, 5.41) is 8.74. The zero-order valence-electron chi connectivity index (χ0n) is 8.03. The summed E-state index contributed by atoms with van der Waals surface area (Å²) in [6.45, 7) is 6.31. The molecule has 4 heteroatoms. The van der Waals surface area contributed by atoms with Gasteiger partial charge in [0, 0.05) is 31.7 Å². The minimum atomic E-state index is 0.135. The maximum atomic E-state index is 8.74. The van der Waals surface area contributed by atoms with Gasteiger partial charge in [0.25, 0.3) is 0 Å². The molecule has 0 aromatic heterocycles. The first-order valence-electron chi connectivity index (χ1n) is 4.40. The highest BCUT2D eigenvalue weighted by Gasteiger charge is 2.08. The summed E-state index contributed by atoms with van der Waals surface area (Å²) >= 11 is 0. The minimum absolute atomic E-state index is 0.135. The monoisotopic (exact) mass is 175 g/mol. The molecule has 0 aliphatic carbocycles. The highest BCUT2D eigenvalue weighted by Crippen LogP contribution is 1.91. The molecule has 12 heavy (non-hydrogen) atoms. The van der Waals surface area contributed by atoms with Gasteiger partial charge in [0.1, 0.15) is 0 Å². The van der Waals surface area contributed by atoms with E-state index in [1.807, 2.05) is 13.8 Å². The van der Waals surface area contributed by atoms with Crippen molar-refractivity contribution in [3.63, 3.8) is 0 Å². The third kappa shape index (κ3) is 6.54. The van der Waals surface area contributed by atoms with Gasteiger partial charge in [-0.2, -0.15) is 0 Å². The van der Waals surface area contributed by atoms with E-state index in [1.54, 1.807) is 0 Å². The van der Waals surface area contributed by atoms with Crippen LogP contribution in [0.3, 0.4) is 0 Å². The van der Waals surface area contributed by atoms with Gasteiger partial charge in [-0.25, -0.2) is 0 Å². The maximum absolute atomic E-state index is 8.74. The molecule has 2 unspecified atom stereocenters. The Balaban J connectivity index is 3.69. The summed E-state index contributed by atoms with van der Waals surface area (Å²) in [7, 11) is 0. The number of hydrogen-bond acceptors (Lipinski definition) is 4. The predicted octanol–water partition coefficient (Wildman–Crippen LogP) is -1.02. The van der Waals surface area contributed by atoms with E-state index in [4.69, 9.17) is 16.6 Å². The van der Waals surface area contributed by atoms with Gasteiger partial charge >= 0.3 is 0 Å². The van der Waals surface area contributed by atoms with Crippen LogP contribution < -0.4 is 11.5 Å². The Morgan fingerprint density at radius 1 is 1.17 bits per heavy atom. The Morgan fingerprint density at radius 3 is 1.83 bits per heavy atom. The number of aliphatic hydroxyl groups excluding tert-OH is 1. The summed E-state index contributed by atoms with van der Waals surface area (Å²) < 4.78 is 0. The van der Waals surface area contributed by atoms with Crippen LogP contribution >= 0.6 is 0 Å². The molecular weight excluding hydrogens is 154 g/mol. The largest absolute Gasteiger partial charge is 0.395 e. The van der Waals surface area contributed by atoms with Gasteiger partial charge < -0.3 is 16.6 Å². The third-order valence-corrected chi connectivity index (χ3v) is 1.51. The Morgan fingerprint density at radius 2 is 1.58 bits per heavy atom. The van der Waals surface area contributed by atoms with Gasteiger partial charge in [-0.15, -0.1) is 0 Å². The molecule has 0 fully saturated rings. The number of aliphatic hydroxyl groups is 1. The van der Waals surface area contributed by atoms with Crippen LogP contribution in [0.15, 0.2) is 0 Å². The summed E-state index contributed by atoms with van der Waals surface area (Å²) in [6, 6.07) is 0.269. The van der Waals surface area contributed by atoms with Gasteiger partial charge in [0.2, 0.25) is 0 Å². The smallest absolute Gasteiger partial charge is 0.0558 e. The van der Waals surface area contributed by atoms with Gasteiger partial charge in [-0.1, -0.05) is 0 Å². The molecule has 0 radical (unpaired) electrons. The molecule has 5 N–H and O–H groups in total. The van der Waals surface area contributed by atoms with E-state index in [2.05, 4.69) is 4.90 Å². The van der Waals surface area contributed by atoms with Crippen molar-refractivity contribution in [2.45, 2.75) is 25.9 Å². The number of hydrogen-bond donors (Lipinski definition) is 3. The lowest BCUT2D eigenvalue weighted by Crippen LogP contribution is -2.42. The number of nitrogens with two attached hydrogens (primary N) is 2. The normalized spacial score (nSPS) is 16.5. The molecule has 74 valence electrons. The van der Waals surface area contributed by atoms with Crippen molar-refractivity contribution >= 4 is 0 Å². The average molecular weight is 175 g/mol. The summed E-state index contributed by atoms with van der Waals surface area (Å²) in [4.78, 5) is 2.08. The lowest BCUT2D eigenvalue weighted by Gasteiger charge is -2.24. The van der Waals surface area contributed by atoms with Crippen LogP contribution in [0.25, 0.3) is 0 Å². The number of rotatable bonds is 6. The molecule has 0 aliphatic heterocycles. The van der Waals surface area contributed by atoms with Crippen molar-refractivity contribution in [1.29, 1.82) is 0 Å². The van der Waals surface area contributed by atoms with E-state index in [9.17, 15) is 0 Å². The highest BCUT2D eigenvalue weighted by molar-refractivity contribution is 4.67. The Bertz CT molecular complexity index is 96.5. The van der Waals surface area contributed by atoms with Gasteiger partial charge in [-0.05, 0) is 13.8 Å². The summed E-state index contributed by atoms with van der Waals surface area (Å²) in [5.41, 5.74) is 11.3. The second-order valence-corrected chi connectivity index (χ2v) is 3.44. The molecule has 0 heterocycles. The van der Waals surface area contributed by atoms with Crippen LogP contribution in [0.4, 0.5) is 0 Å². The first-order valence-corrected chi connectivity index (χ1v) is 4.40. The van der Waals surface area contributed by atoms with E-state index < -0.39 is 0 Å². The van der Waals surface area contributed by atoms with Crippen molar-refractivity contribution in [2.75, 3.05) is 26.2 Å². The van der Waals surface area contributed by atoms with E-state index in [1.165, 1.54) is 0 Å². The molecule has 0 saturated carbocycles. The molecule has 0 saturated heterocycles. The van der Waals surface area contributed by atoms with Crippen molar-refractivity contribution in [3.05, 3.63) is 0 Å². The van der Waals surface area contributed by atoms with Crippen molar-refractivity contribution in [2.24, 2.45) is 11.5 Å². The molecular formula is C8H21N3O. The number of nitrogens with zero attached hydrogens (tertiary/aromatic N) is 1. The average Bonchev–Trinajstić information content (AvgIpc) is 1.84. The quantitative estimate of drug-likeness (QED) is 0.483. The zero-order chi connectivity index (χ0) is 9.56. The molecule has 0 spiro atoms. The third-order valence-electron chi connectivity index (χ3n) is 1.51. The molecule has 0 amide bonds. The highest BCUT2D eigenvalue weighted by atomic mass is 16.3. The SMILES string of the molecule is CC(N)CN(CCO)CC(C)N. The fraction of sp³-hybridized carbons (Fsp3) is 1.00. The standard InChI is InChI=1S/C8H21N3O/c1-7(9)5-11(3-4-12)6-8(2)10/h7-8,12H,3-6,9-10H2,1-2H3. The van der Waals surface area contributed by atoms with Crippen LogP contribution in [0.1, 0.15) is 13.8 Å². The lowest BCUT2D eigenvalue weighted by molar-refractivity contribution is 0.185. The second kappa shape index (κ2) is 6.37. The molecule has 0 aromatic rings. The molecule has 0 bridgehead atoms. The molecule has 4 nitrogen and oxygen atoms in total. The first kappa shape index (κ1) is 11.8. The van der Waals surface area contributed by atoms with E-state index in [0.717, 1.165) is 13.1 Å². The molecule has 0 aromatic carbocycles. The van der Waals surface area contributed by atoms with Crippen molar-refractivity contribution in [3.8, 4) is 0 Å². The second-order valence-electron chi connectivity index (χ2n) is 3.44. The minimum Gasteiger partial charge on any atom is -0.395 e. The van der Waals surface area contributed by atoms with Crippen LogP contribution in [-0.4, -0.2) is 48.3 Å². The summed E-state index contributed by atoms with van der Waals surface area (Å²) in [6.07, 6.45) is 0. The molecule has 0 rings (SSSR count). The topological polar surface area (TPSA) is 75.5 Å². The van der Waals surface area contributed by atoms with Crippen LogP contribution in [0, 0.1) is 0 Å². The Kier molecular flexibility index (Phi) is 6.28. The zero-order valence-corrected chi connectivity index (χ0v) is 8.03. The van der Waals surface area contributed by atoms with Gasteiger partial charge in [-0.3, -0.25) is 4.90 Å². The van der Waals surface area contributed by atoms with Crippen LogP contribution in [0.5, 0.6) is 0 Å². The molecule has 2 atom stereocenters. The van der Waals surface area contributed by atoms with E-state index >= 15 is 0 Å². The van der Waals surface area contributed by atoms with Gasteiger partial charge in [0.05, 0.1) is 6.61 Å². The van der Waals surface area contributed by atoms with Crippen molar-refractivity contribution < 1.29 is 5.11 Å². The van der Waals surface area contributed by atoms with E-state index in [0.29, 0.717) is 6.54 Å². The van der Waals surface area contributed by atoms with Gasteiger partial charge in [0.15, 0.2) is 0 Å². The fourth-order valence-corrected chi connectivity index (χ4v) is 1.21. The summed E-state index contributed by atoms with van der Waals surface area (Å²) in [5.74, 6) is 0. The van der Waals surface area contributed by atoms with Crippen molar-refractivity contribution in [1.82, 2.24) is 4.90 Å². The van der Waals surface area contributed by atoms with Crippen LogP contribution in [-0.2, 0) is 0 Å². The Hall–Kier alpha value is -0.160. The Labute approximate surface area is 74.5 Å². The van der Waals surface area contributed by atoms with E-state index in [-0.39, 0.29) is 18.7 Å². The maximum Gasteiger partial charge on any atom is 0.0558 e. The molecule has 0 aliphatic rings. The van der Waals surface area contributed by atoms with Crippen LogP contribution in [0.2, 0.25) is 0 Å².